The molecule has 0 radical (unpaired) electrons. The van der Waals surface area contributed by atoms with Gasteiger partial charge >= 0.3 is 0 Å². The first-order valence-corrected chi connectivity index (χ1v) is 5.34. The van der Waals surface area contributed by atoms with Crippen LogP contribution in [0.3, 0.4) is 0 Å². The van der Waals surface area contributed by atoms with Crippen LogP contribution in [0.25, 0.3) is 16.8 Å². The van der Waals surface area contributed by atoms with E-state index in [-0.39, 0.29) is 5.56 Å². The van der Waals surface area contributed by atoms with Crippen molar-refractivity contribution in [2.75, 3.05) is 0 Å². The number of rotatable bonds is 1. The summed E-state index contributed by atoms with van der Waals surface area (Å²) in [4.78, 5) is 18.2. The smallest absolute Gasteiger partial charge is 0.252 e. The van der Waals surface area contributed by atoms with Crippen LogP contribution in [0.5, 0.6) is 0 Å². The highest BCUT2D eigenvalue weighted by Crippen LogP contribution is 2.20. The summed E-state index contributed by atoms with van der Waals surface area (Å²) in [5.41, 5.74) is 2.29. The first-order valence-electron chi connectivity index (χ1n) is 5.34. The molecule has 5 heteroatoms. The SMILES string of the molecule is CC(O)c1ccc2c(c1)nc1[nH]c(=O)ccn12. The van der Waals surface area contributed by atoms with Crippen molar-refractivity contribution in [1.29, 1.82) is 0 Å². The maximum Gasteiger partial charge on any atom is 0.252 e. The van der Waals surface area contributed by atoms with Crippen molar-refractivity contribution >= 4 is 16.8 Å². The van der Waals surface area contributed by atoms with Gasteiger partial charge in [0.1, 0.15) is 0 Å². The van der Waals surface area contributed by atoms with Crippen LogP contribution in [-0.2, 0) is 0 Å². The van der Waals surface area contributed by atoms with Crippen molar-refractivity contribution in [2.24, 2.45) is 0 Å². The van der Waals surface area contributed by atoms with Gasteiger partial charge < -0.3 is 5.11 Å². The molecule has 0 aliphatic carbocycles. The molecule has 0 aliphatic rings. The van der Waals surface area contributed by atoms with Gasteiger partial charge in [-0.25, -0.2) is 4.98 Å². The lowest BCUT2D eigenvalue weighted by Gasteiger charge is -2.03. The van der Waals surface area contributed by atoms with Gasteiger partial charge in [0.25, 0.3) is 5.56 Å². The summed E-state index contributed by atoms with van der Waals surface area (Å²) in [5, 5.41) is 9.51. The van der Waals surface area contributed by atoms with E-state index in [1.165, 1.54) is 6.07 Å². The van der Waals surface area contributed by atoms with Crippen molar-refractivity contribution in [3.05, 3.63) is 46.4 Å². The van der Waals surface area contributed by atoms with Crippen LogP contribution in [0.1, 0.15) is 18.6 Å². The third-order valence-electron chi connectivity index (χ3n) is 2.81. The average molecular weight is 229 g/mol. The highest BCUT2D eigenvalue weighted by Gasteiger charge is 2.07. The molecule has 0 amide bonds. The van der Waals surface area contributed by atoms with Crippen LogP contribution >= 0.6 is 0 Å². The van der Waals surface area contributed by atoms with Crippen LogP contribution < -0.4 is 5.56 Å². The van der Waals surface area contributed by atoms with Gasteiger partial charge in [0, 0.05) is 12.3 Å². The molecular formula is C12H11N3O2. The number of aromatic amines is 1. The van der Waals surface area contributed by atoms with Gasteiger partial charge in [0.15, 0.2) is 0 Å². The fourth-order valence-electron chi connectivity index (χ4n) is 1.91. The maximum absolute atomic E-state index is 11.2. The second kappa shape index (κ2) is 3.43. The number of aromatic nitrogens is 3. The molecule has 0 aliphatic heterocycles. The van der Waals surface area contributed by atoms with E-state index >= 15 is 0 Å². The number of imidazole rings is 1. The fourth-order valence-corrected chi connectivity index (χ4v) is 1.91. The lowest BCUT2D eigenvalue weighted by atomic mass is 10.1. The standard InChI is InChI=1S/C12H11N3O2/c1-7(16)8-2-3-10-9(6-8)13-12-14-11(17)4-5-15(10)12/h2-7,16H,1H3,(H,13,14,17). The second-order valence-corrected chi connectivity index (χ2v) is 4.03. The lowest BCUT2D eigenvalue weighted by Crippen LogP contribution is -2.05. The Balaban J connectivity index is 2.39. The number of aliphatic hydroxyl groups is 1. The van der Waals surface area contributed by atoms with E-state index in [0.717, 1.165) is 16.6 Å². The Bertz CT molecular complexity index is 755. The lowest BCUT2D eigenvalue weighted by molar-refractivity contribution is 0.199. The minimum atomic E-state index is -0.525. The second-order valence-electron chi connectivity index (χ2n) is 4.03. The third kappa shape index (κ3) is 1.52. The van der Waals surface area contributed by atoms with Gasteiger partial charge in [-0.1, -0.05) is 6.07 Å². The Morgan fingerprint density at radius 2 is 2.24 bits per heavy atom. The zero-order valence-electron chi connectivity index (χ0n) is 9.21. The highest BCUT2D eigenvalue weighted by atomic mass is 16.3. The van der Waals surface area contributed by atoms with Crippen LogP contribution in [0, 0.1) is 0 Å². The van der Waals surface area contributed by atoms with Crippen molar-refractivity contribution in [3.63, 3.8) is 0 Å². The summed E-state index contributed by atoms with van der Waals surface area (Å²) in [5.74, 6) is 0.509. The van der Waals surface area contributed by atoms with Gasteiger partial charge in [0.2, 0.25) is 5.78 Å². The van der Waals surface area contributed by atoms with Gasteiger partial charge in [-0.3, -0.25) is 14.2 Å². The van der Waals surface area contributed by atoms with Gasteiger partial charge in [0.05, 0.1) is 17.1 Å². The topological polar surface area (TPSA) is 70.4 Å². The molecule has 86 valence electrons. The molecule has 3 aromatic rings. The molecule has 0 fully saturated rings. The minimum Gasteiger partial charge on any atom is -0.389 e. The molecule has 1 aromatic carbocycles. The summed E-state index contributed by atoms with van der Waals surface area (Å²) in [6.07, 6.45) is 1.16. The van der Waals surface area contributed by atoms with E-state index in [9.17, 15) is 9.90 Å². The molecule has 1 atom stereocenters. The number of H-pyrrole nitrogens is 1. The van der Waals surface area contributed by atoms with Crippen LogP contribution in [0.4, 0.5) is 0 Å². The Hall–Kier alpha value is -2.14. The van der Waals surface area contributed by atoms with Crippen molar-refractivity contribution in [2.45, 2.75) is 13.0 Å². The Morgan fingerprint density at radius 1 is 1.41 bits per heavy atom. The van der Waals surface area contributed by atoms with Crippen molar-refractivity contribution < 1.29 is 5.11 Å². The molecule has 5 nitrogen and oxygen atoms in total. The van der Waals surface area contributed by atoms with E-state index in [2.05, 4.69) is 9.97 Å². The summed E-state index contributed by atoms with van der Waals surface area (Å²) >= 11 is 0. The Kier molecular flexibility index (Phi) is 2.02. The third-order valence-corrected chi connectivity index (χ3v) is 2.81. The fraction of sp³-hybridized carbons (Fsp3) is 0.167. The molecule has 2 aromatic heterocycles. The molecule has 0 saturated heterocycles. The van der Waals surface area contributed by atoms with Crippen LogP contribution in [-0.4, -0.2) is 19.5 Å². The number of nitrogens with one attached hydrogen (secondary N) is 1. The van der Waals surface area contributed by atoms with Crippen LogP contribution in [0.15, 0.2) is 35.3 Å². The van der Waals surface area contributed by atoms with Gasteiger partial charge in [-0.15, -0.1) is 0 Å². The summed E-state index contributed by atoms with van der Waals surface area (Å²) in [7, 11) is 0. The predicted octanol–water partition coefficient (Wildman–Crippen LogP) is 1.23. The van der Waals surface area contributed by atoms with E-state index in [1.807, 2.05) is 22.6 Å². The zero-order valence-corrected chi connectivity index (χ0v) is 9.21. The van der Waals surface area contributed by atoms with Gasteiger partial charge in [-0.05, 0) is 24.6 Å². The molecule has 2 heterocycles. The first kappa shape index (κ1) is 10.0. The van der Waals surface area contributed by atoms with Crippen molar-refractivity contribution in [3.8, 4) is 0 Å². The van der Waals surface area contributed by atoms with E-state index in [0.29, 0.717) is 5.78 Å². The van der Waals surface area contributed by atoms with E-state index in [4.69, 9.17) is 0 Å². The number of nitrogens with zero attached hydrogens (tertiary/aromatic N) is 2. The molecule has 2 N–H and O–H groups in total. The summed E-state index contributed by atoms with van der Waals surface area (Å²) in [6.45, 7) is 1.71. The quantitative estimate of drug-likeness (QED) is 0.659. The normalized spacial score (nSPS) is 13.3. The molecule has 1 unspecified atom stereocenters. The Labute approximate surface area is 96.4 Å². The maximum atomic E-state index is 11.2. The average Bonchev–Trinajstić information content (AvgIpc) is 2.64. The van der Waals surface area contributed by atoms with E-state index in [1.54, 1.807) is 13.1 Å². The minimum absolute atomic E-state index is 0.177. The molecule has 0 bridgehead atoms. The van der Waals surface area contributed by atoms with Crippen molar-refractivity contribution in [1.82, 2.24) is 14.4 Å². The first-order chi connectivity index (χ1) is 8.15. The summed E-state index contributed by atoms with van der Waals surface area (Å²) < 4.78 is 1.81. The largest absolute Gasteiger partial charge is 0.389 e. The van der Waals surface area contributed by atoms with Crippen LogP contribution in [0.2, 0.25) is 0 Å². The molecule has 3 rings (SSSR count). The molecule has 17 heavy (non-hydrogen) atoms. The number of benzene rings is 1. The molecule has 0 spiro atoms. The van der Waals surface area contributed by atoms with Gasteiger partial charge in [-0.2, -0.15) is 0 Å². The zero-order chi connectivity index (χ0) is 12.0. The monoisotopic (exact) mass is 229 g/mol. The highest BCUT2D eigenvalue weighted by molar-refractivity contribution is 5.80. The van der Waals surface area contributed by atoms with E-state index < -0.39 is 6.10 Å². The number of hydrogen-bond acceptors (Lipinski definition) is 3. The summed E-state index contributed by atoms with van der Waals surface area (Å²) in [6, 6.07) is 7.02. The number of aliphatic hydroxyl groups excluding tert-OH is 1. The molecule has 0 saturated carbocycles. The number of fused-ring (bicyclic) bond motifs is 3. The molecular weight excluding hydrogens is 218 g/mol. The Morgan fingerprint density at radius 3 is 3.00 bits per heavy atom. The predicted molar refractivity (Wildman–Crippen MR) is 64.0 cm³/mol. The number of hydrogen-bond donors (Lipinski definition) is 2.